The van der Waals surface area contributed by atoms with Crippen molar-refractivity contribution in [2.75, 3.05) is 7.11 Å². The lowest BCUT2D eigenvalue weighted by Crippen LogP contribution is -2.43. The lowest BCUT2D eigenvalue weighted by molar-refractivity contribution is -0.142. The average molecular weight is 278 g/mol. The van der Waals surface area contributed by atoms with Crippen LogP contribution >= 0.6 is 0 Å². The van der Waals surface area contributed by atoms with E-state index in [0.717, 1.165) is 0 Å². The molecule has 0 radical (unpaired) electrons. The summed E-state index contributed by atoms with van der Waals surface area (Å²) in [6.45, 7) is 4.08. The van der Waals surface area contributed by atoms with Crippen molar-refractivity contribution in [1.82, 2.24) is 5.32 Å². The zero-order valence-electron chi connectivity index (χ0n) is 12.0. The Kier molecular flexibility index (Phi) is 5.66. The van der Waals surface area contributed by atoms with Crippen LogP contribution in [0.15, 0.2) is 18.2 Å². The molecule has 0 fully saturated rings. The summed E-state index contributed by atoms with van der Waals surface area (Å²) in [5, 5.41) is 12.0. The molecule has 1 aromatic carbocycles. The van der Waals surface area contributed by atoms with E-state index in [-0.39, 0.29) is 24.8 Å². The average Bonchev–Trinajstić information content (AvgIpc) is 2.46. The first-order valence-corrected chi connectivity index (χ1v) is 6.44. The van der Waals surface area contributed by atoms with Crippen molar-refractivity contribution in [3.8, 4) is 6.07 Å². The first-order chi connectivity index (χ1) is 9.44. The lowest BCUT2D eigenvalue weighted by Gasteiger charge is -2.28. The van der Waals surface area contributed by atoms with Crippen molar-refractivity contribution < 1.29 is 13.9 Å². The van der Waals surface area contributed by atoms with Gasteiger partial charge < -0.3 is 10.1 Å². The maximum Gasteiger partial charge on any atom is 0.307 e. The number of nitrogens with zero attached hydrogens (tertiary/aromatic N) is 1. The molecule has 0 saturated carbocycles. The largest absolute Gasteiger partial charge is 0.469 e. The maximum absolute atomic E-state index is 13.7. The van der Waals surface area contributed by atoms with E-state index in [9.17, 15) is 9.18 Å². The van der Waals surface area contributed by atoms with E-state index in [1.54, 1.807) is 0 Å². The van der Waals surface area contributed by atoms with E-state index in [1.165, 1.54) is 25.3 Å². The molecule has 1 rings (SSSR count). The lowest BCUT2D eigenvalue weighted by atomic mass is 9.94. The van der Waals surface area contributed by atoms with Gasteiger partial charge in [0.15, 0.2) is 0 Å². The minimum atomic E-state index is -0.470. The zero-order valence-corrected chi connectivity index (χ0v) is 12.0. The Balaban J connectivity index is 2.78. The quantitative estimate of drug-likeness (QED) is 0.812. The third-order valence-corrected chi connectivity index (χ3v) is 3.42. The third-order valence-electron chi connectivity index (χ3n) is 3.42. The van der Waals surface area contributed by atoms with Crippen LogP contribution < -0.4 is 5.32 Å². The summed E-state index contributed by atoms with van der Waals surface area (Å²) in [5.74, 6) is -0.680. The Bertz CT molecular complexity index is 525. The molecule has 0 spiro atoms. The molecule has 1 atom stereocenters. The van der Waals surface area contributed by atoms with Crippen molar-refractivity contribution in [2.24, 2.45) is 0 Å². The second-order valence-corrected chi connectivity index (χ2v) is 4.94. The standard InChI is InChI=1S/C15H19FN2O2/c1-4-15(2,8-14(19)20-3)18-10-12-7-11(9-17)5-6-13(12)16/h5-7,18H,4,8,10H2,1-3H3. The summed E-state index contributed by atoms with van der Waals surface area (Å²) < 4.78 is 18.3. The highest BCUT2D eigenvalue weighted by Crippen LogP contribution is 2.17. The number of benzene rings is 1. The van der Waals surface area contributed by atoms with E-state index < -0.39 is 5.54 Å². The van der Waals surface area contributed by atoms with Crippen molar-refractivity contribution in [3.63, 3.8) is 0 Å². The summed E-state index contributed by atoms with van der Waals surface area (Å²) in [5.41, 5.74) is 0.352. The maximum atomic E-state index is 13.7. The van der Waals surface area contributed by atoms with Crippen LogP contribution in [0.5, 0.6) is 0 Å². The Labute approximate surface area is 118 Å². The molecule has 0 aromatic heterocycles. The van der Waals surface area contributed by atoms with Crippen LogP contribution in [0.4, 0.5) is 4.39 Å². The summed E-state index contributed by atoms with van der Waals surface area (Å²) in [6, 6.07) is 6.20. The first-order valence-electron chi connectivity index (χ1n) is 6.44. The molecule has 0 aliphatic rings. The summed E-state index contributed by atoms with van der Waals surface area (Å²) >= 11 is 0. The van der Waals surface area contributed by atoms with Crippen LogP contribution in [0.3, 0.4) is 0 Å². The number of carbonyl (C=O) groups excluding carboxylic acids is 1. The predicted molar refractivity (Wildman–Crippen MR) is 73.3 cm³/mol. The molecule has 5 heteroatoms. The first kappa shape index (κ1) is 16.1. The summed E-state index contributed by atoms with van der Waals surface area (Å²) in [6.07, 6.45) is 0.904. The molecule has 0 amide bonds. The molecular formula is C15H19FN2O2. The molecule has 108 valence electrons. The number of hydrogen-bond acceptors (Lipinski definition) is 4. The van der Waals surface area contributed by atoms with Gasteiger partial charge in [0.25, 0.3) is 0 Å². The van der Waals surface area contributed by atoms with Gasteiger partial charge in [-0.15, -0.1) is 0 Å². The Morgan fingerprint density at radius 2 is 2.25 bits per heavy atom. The van der Waals surface area contributed by atoms with Gasteiger partial charge in [0.2, 0.25) is 0 Å². The molecule has 20 heavy (non-hydrogen) atoms. The third kappa shape index (κ3) is 4.32. The summed E-state index contributed by atoms with van der Waals surface area (Å²) in [4.78, 5) is 11.4. The minimum absolute atomic E-state index is 0.208. The number of nitriles is 1. The second kappa shape index (κ2) is 7.01. The van der Waals surface area contributed by atoms with Crippen molar-refractivity contribution in [1.29, 1.82) is 5.26 Å². The monoisotopic (exact) mass is 278 g/mol. The highest BCUT2D eigenvalue weighted by atomic mass is 19.1. The van der Waals surface area contributed by atoms with E-state index in [4.69, 9.17) is 5.26 Å². The molecular weight excluding hydrogens is 259 g/mol. The second-order valence-electron chi connectivity index (χ2n) is 4.94. The van der Waals surface area contributed by atoms with Gasteiger partial charge in [-0.2, -0.15) is 5.26 Å². The van der Waals surface area contributed by atoms with Crippen molar-refractivity contribution >= 4 is 5.97 Å². The number of halogens is 1. The van der Waals surface area contributed by atoms with Crippen LogP contribution in [0, 0.1) is 17.1 Å². The number of ether oxygens (including phenoxy) is 1. The minimum Gasteiger partial charge on any atom is -0.469 e. The van der Waals surface area contributed by atoms with Crippen molar-refractivity contribution in [3.05, 3.63) is 35.1 Å². The molecule has 4 nitrogen and oxygen atoms in total. The van der Waals surface area contributed by atoms with Gasteiger partial charge >= 0.3 is 5.97 Å². The van der Waals surface area contributed by atoms with E-state index in [2.05, 4.69) is 10.1 Å². The van der Waals surface area contributed by atoms with Gasteiger partial charge in [-0.05, 0) is 31.5 Å². The van der Waals surface area contributed by atoms with Gasteiger partial charge in [0, 0.05) is 17.6 Å². The molecule has 0 heterocycles. The highest BCUT2D eigenvalue weighted by Gasteiger charge is 2.25. The Morgan fingerprint density at radius 3 is 2.80 bits per heavy atom. The number of esters is 1. The topological polar surface area (TPSA) is 62.1 Å². The fourth-order valence-corrected chi connectivity index (χ4v) is 1.79. The zero-order chi connectivity index (χ0) is 15.2. The number of rotatable bonds is 6. The molecule has 1 unspecified atom stereocenters. The number of nitrogens with one attached hydrogen (secondary N) is 1. The van der Waals surface area contributed by atoms with E-state index >= 15 is 0 Å². The molecule has 1 aromatic rings. The highest BCUT2D eigenvalue weighted by molar-refractivity contribution is 5.70. The van der Waals surface area contributed by atoms with Gasteiger partial charge in [0.05, 0.1) is 25.2 Å². The van der Waals surface area contributed by atoms with Crippen LogP contribution in [-0.4, -0.2) is 18.6 Å². The van der Waals surface area contributed by atoms with Gasteiger partial charge in [-0.1, -0.05) is 6.92 Å². The number of hydrogen-bond donors (Lipinski definition) is 1. The Hall–Kier alpha value is -1.93. The number of carbonyl (C=O) groups is 1. The molecule has 0 saturated heterocycles. The van der Waals surface area contributed by atoms with E-state index in [1.807, 2.05) is 19.9 Å². The van der Waals surface area contributed by atoms with Gasteiger partial charge in [-0.25, -0.2) is 4.39 Å². The smallest absolute Gasteiger partial charge is 0.307 e. The van der Waals surface area contributed by atoms with Crippen LogP contribution in [0.2, 0.25) is 0 Å². The Morgan fingerprint density at radius 1 is 1.55 bits per heavy atom. The fourth-order valence-electron chi connectivity index (χ4n) is 1.79. The molecule has 0 aliphatic heterocycles. The van der Waals surface area contributed by atoms with Gasteiger partial charge in [-0.3, -0.25) is 4.79 Å². The van der Waals surface area contributed by atoms with E-state index in [0.29, 0.717) is 17.5 Å². The molecule has 1 N–H and O–H groups in total. The number of methoxy groups -OCH3 is 1. The van der Waals surface area contributed by atoms with Crippen molar-refractivity contribution in [2.45, 2.75) is 38.8 Å². The van der Waals surface area contributed by atoms with Crippen LogP contribution in [-0.2, 0) is 16.1 Å². The predicted octanol–water partition coefficient (Wildman–Crippen LogP) is 2.52. The van der Waals surface area contributed by atoms with Crippen LogP contribution in [0.25, 0.3) is 0 Å². The normalized spacial score (nSPS) is 13.3. The molecule has 0 bridgehead atoms. The summed E-state index contributed by atoms with van der Waals surface area (Å²) in [7, 11) is 1.34. The van der Waals surface area contributed by atoms with Crippen LogP contribution in [0.1, 0.15) is 37.8 Å². The fraction of sp³-hybridized carbons (Fsp3) is 0.467. The van der Waals surface area contributed by atoms with Gasteiger partial charge in [0.1, 0.15) is 5.82 Å². The SMILES string of the molecule is CCC(C)(CC(=O)OC)NCc1cc(C#N)ccc1F. The molecule has 0 aliphatic carbocycles.